The first kappa shape index (κ1) is 16.9. The van der Waals surface area contributed by atoms with E-state index in [0.717, 1.165) is 30.0 Å². The Morgan fingerprint density at radius 2 is 1.95 bits per heavy atom. The summed E-state index contributed by atoms with van der Waals surface area (Å²) in [6.45, 7) is 7.67. The van der Waals surface area contributed by atoms with Crippen molar-refractivity contribution in [3.63, 3.8) is 0 Å². The fourth-order valence-corrected chi connectivity index (χ4v) is 2.86. The summed E-state index contributed by atoms with van der Waals surface area (Å²) in [5.74, 6) is 0. The summed E-state index contributed by atoms with van der Waals surface area (Å²) < 4.78 is 5.30. The number of carbonyl (C=O) groups excluding carboxylic acids is 1. The maximum absolute atomic E-state index is 11.8. The zero-order chi connectivity index (χ0) is 16.3. The van der Waals surface area contributed by atoms with Gasteiger partial charge in [0.1, 0.15) is 5.60 Å². The lowest BCUT2D eigenvalue weighted by Crippen LogP contribution is -2.38. The largest absolute Gasteiger partial charge is 0.444 e. The third-order valence-corrected chi connectivity index (χ3v) is 3.95. The minimum absolute atomic E-state index is 0.159. The van der Waals surface area contributed by atoms with Crippen LogP contribution in [0.2, 0.25) is 5.02 Å². The fourth-order valence-electron chi connectivity index (χ4n) is 2.69. The summed E-state index contributed by atoms with van der Waals surface area (Å²) in [5.41, 5.74) is 1.78. The third kappa shape index (κ3) is 5.09. The Labute approximate surface area is 137 Å². The Hall–Kier alpha value is -1.42. The number of hydrogen-bond acceptors (Lipinski definition) is 3. The van der Waals surface area contributed by atoms with E-state index in [1.165, 1.54) is 5.56 Å². The molecule has 0 aliphatic heterocycles. The van der Waals surface area contributed by atoms with Crippen molar-refractivity contribution in [3.8, 4) is 0 Å². The van der Waals surface area contributed by atoms with Gasteiger partial charge < -0.3 is 15.4 Å². The zero-order valence-electron chi connectivity index (χ0n) is 13.7. The SMILES string of the molecule is Cc1ccc(Cl)cc1NC1CCC(NC(=O)OC(C)(C)C)C1. The van der Waals surface area contributed by atoms with Crippen LogP contribution in [-0.4, -0.2) is 23.8 Å². The summed E-state index contributed by atoms with van der Waals surface area (Å²) >= 11 is 6.05. The predicted molar refractivity (Wildman–Crippen MR) is 90.6 cm³/mol. The molecule has 4 nitrogen and oxygen atoms in total. The van der Waals surface area contributed by atoms with E-state index < -0.39 is 5.60 Å². The molecule has 122 valence electrons. The number of hydrogen-bond donors (Lipinski definition) is 2. The molecule has 1 aromatic carbocycles. The van der Waals surface area contributed by atoms with Crippen LogP contribution in [0.15, 0.2) is 18.2 Å². The molecule has 0 aromatic heterocycles. The number of alkyl carbamates (subject to hydrolysis) is 1. The first-order valence-corrected chi connectivity index (χ1v) is 8.13. The Morgan fingerprint density at radius 3 is 2.64 bits per heavy atom. The van der Waals surface area contributed by atoms with Crippen molar-refractivity contribution in [2.45, 2.75) is 64.6 Å². The van der Waals surface area contributed by atoms with Crippen LogP contribution in [-0.2, 0) is 4.74 Å². The lowest BCUT2D eigenvalue weighted by molar-refractivity contribution is 0.0505. The lowest BCUT2D eigenvalue weighted by atomic mass is 10.1. The molecule has 0 heterocycles. The Bertz CT molecular complexity index is 540. The van der Waals surface area contributed by atoms with Crippen LogP contribution in [0.25, 0.3) is 0 Å². The van der Waals surface area contributed by atoms with E-state index in [-0.39, 0.29) is 12.1 Å². The molecule has 2 unspecified atom stereocenters. The van der Waals surface area contributed by atoms with Gasteiger partial charge in [0.25, 0.3) is 0 Å². The van der Waals surface area contributed by atoms with Gasteiger partial charge in [-0.3, -0.25) is 0 Å². The van der Waals surface area contributed by atoms with E-state index in [9.17, 15) is 4.79 Å². The number of carbonyl (C=O) groups is 1. The van der Waals surface area contributed by atoms with Crippen LogP contribution in [0, 0.1) is 6.92 Å². The molecule has 1 aliphatic rings. The number of amides is 1. The predicted octanol–water partition coefficient (Wildman–Crippen LogP) is 4.51. The first-order chi connectivity index (χ1) is 10.2. The highest BCUT2D eigenvalue weighted by Crippen LogP contribution is 2.27. The topological polar surface area (TPSA) is 50.4 Å². The van der Waals surface area contributed by atoms with Crippen molar-refractivity contribution in [2.24, 2.45) is 0 Å². The Morgan fingerprint density at radius 1 is 1.27 bits per heavy atom. The molecule has 0 bridgehead atoms. The second-order valence-electron chi connectivity index (χ2n) is 6.96. The fraction of sp³-hybridized carbons (Fsp3) is 0.588. The molecule has 22 heavy (non-hydrogen) atoms. The van der Waals surface area contributed by atoms with Gasteiger partial charge >= 0.3 is 6.09 Å². The van der Waals surface area contributed by atoms with Gasteiger partial charge in [0, 0.05) is 22.8 Å². The van der Waals surface area contributed by atoms with E-state index in [2.05, 4.69) is 17.6 Å². The van der Waals surface area contributed by atoms with E-state index >= 15 is 0 Å². The first-order valence-electron chi connectivity index (χ1n) is 7.75. The van der Waals surface area contributed by atoms with Crippen LogP contribution < -0.4 is 10.6 Å². The van der Waals surface area contributed by atoms with Crippen molar-refractivity contribution in [2.75, 3.05) is 5.32 Å². The van der Waals surface area contributed by atoms with E-state index in [0.29, 0.717) is 6.04 Å². The van der Waals surface area contributed by atoms with Gasteiger partial charge in [-0.15, -0.1) is 0 Å². The molecule has 0 radical (unpaired) electrons. The van der Waals surface area contributed by atoms with Crippen molar-refractivity contribution < 1.29 is 9.53 Å². The maximum Gasteiger partial charge on any atom is 0.407 e. The van der Waals surface area contributed by atoms with E-state index in [4.69, 9.17) is 16.3 Å². The van der Waals surface area contributed by atoms with Crippen LogP contribution in [0.3, 0.4) is 0 Å². The molecule has 5 heteroatoms. The minimum atomic E-state index is -0.460. The normalized spacial score (nSPS) is 21.5. The maximum atomic E-state index is 11.8. The molecular weight excluding hydrogens is 300 g/mol. The van der Waals surface area contributed by atoms with Gasteiger partial charge in [0.2, 0.25) is 0 Å². The Balaban J connectivity index is 1.85. The summed E-state index contributed by atoms with van der Waals surface area (Å²) in [7, 11) is 0. The van der Waals surface area contributed by atoms with E-state index in [1.54, 1.807) is 0 Å². The Kier molecular flexibility index (Phi) is 5.22. The zero-order valence-corrected chi connectivity index (χ0v) is 14.5. The number of benzene rings is 1. The van der Waals surface area contributed by atoms with Gasteiger partial charge in [0.15, 0.2) is 0 Å². The second kappa shape index (κ2) is 6.78. The summed E-state index contributed by atoms with van der Waals surface area (Å²) in [6, 6.07) is 6.36. The van der Waals surface area contributed by atoms with Crippen molar-refractivity contribution in [1.29, 1.82) is 0 Å². The van der Waals surface area contributed by atoms with Crippen LogP contribution in [0.1, 0.15) is 45.6 Å². The van der Waals surface area contributed by atoms with Crippen LogP contribution in [0.5, 0.6) is 0 Å². The third-order valence-electron chi connectivity index (χ3n) is 3.71. The highest BCUT2D eigenvalue weighted by molar-refractivity contribution is 6.30. The summed E-state index contributed by atoms with van der Waals surface area (Å²) in [5, 5.41) is 7.21. The highest BCUT2D eigenvalue weighted by Gasteiger charge is 2.27. The molecule has 1 saturated carbocycles. The molecule has 0 spiro atoms. The quantitative estimate of drug-likeness (QED) is 0.860. The smallest absolute Gasteiger partial charge is 0.407 e. The second-order valence-corrected chi connectivity index (χ2v) is 7.39. The van der Waals surface area contributed by atoms with Gasteiger partial charge in [-0.25, -0.2) is 4.79 Å². The molecule has 0 saturated heterocycles. The molecule has 2 rings (SSSR count). The number of anilines is 1. The lowest BCUT2D eigenvalue weighted by Gasteiger charge is -2.22. The minimum Gasteiger partial charge on any atom is -0.444 e. The van der Waals surface area contributed by atoms with Gasteiger partial charge in [-0.05, 0) is 64.7 Å². The number of rotatable bonds is 3. The van der Waals surface area contributed by atoms with Gasteiger partial charge in [-0.1, -0.05) is 17.7 Å². The van der Waals surface area contributed by atoms with Gasteiger partial charge in [0.05, 0.1) is 0 Å². The number of ether oxygens (including phenoxy) is 1. The molecular formula is C17H25ClN2O2. The monoisotopic (exact) mass is 324 g/mol. The number of nitrogens with one attached hydrogen (secondary N) is 2. The van der Waals surface area contributed by atoms with Crippen molar-refractivity contribution >= 4 is 23.4 Å². The average molecular weight is 325 g/mol. The summed E-state index contributed by atoms with van der Waals surface area (Å²) in [4.78, 5) is 11.8. The van der Waals surface area contributed by atoms with Gasteiger partial charge in [-0.2, -0.15) is 0 Å². The van der Waals surface area contributed by atoms with Crippen molar-refractivity contribution in [3.05, 3.63) is 28.8 Å². The number of halogens is 1. The molecule has 2 atom stereocenters. The molecule has 2 N–H and O–H groups in total. The van der Waals surface area contributed by atoms with Crippen LogP contribution >= 0.6 is 11.6 Å². The number of aryl methyl sites for hydroxylation is 1. The standard InChI is InChI=1S/C17H25ClN2O2/c1-11-5-6-12(18)9-15(11)19-13-7-8-14(10-13)20-16(21)22-17(2,3)4/h5-6,9,13-14,19H,7-8,10H2,1-4H3,(H,20,21). The average Bonchev–Trinajstić information content (AvgIpc) is 2.78. The van der Waals surface area contributed by atoms with E-state index in [1.807, 2.05) is 39.0 Å². The molecule has 1 aromatic rings. The summed E-state index contributed by atoms with van der Waals surface area (Å²) in [6.07, 6.45) is 2.53. The highest BCUT2D eigenvalue weighted by atomic mass is 35.5. The van der Waals surface area contributed by atoms with Crippen molar-refractivity contribution in [1.82, 2.24) is 5.32 Å². The van der Waals surface area contributed by atoms with Crippen LogP contribution in [0.4, 0.5) is 10.5 Å². The molecule has 1 fully saturated rings. The molecule has 1 aliphatic carbocycles. The molecule has 1 amide bonds.